The van der Waals surface area contributed by atoms with Crippen molar-refractivity contribution in [2.24, 2.45) is 0 Å². The van der Waals surface area contributed by atoms with Gasteiger partial charge in [-0.25, -0.2) is 24.1 Å². The summed E-state index contributed by atoms with van der Waals surface area (Å²) in [6.07, 6.45) is -10.3. The van der Waals surface area contributed by atoms with E-state index in [1.54, 1.807) is 0 Å². The van der Waals surface area contributed by atoms with Gasteiger partial charge in [-0.05, 0) is 0 Å². The number of imidazole rings is 1. The number of aromatic nitrogens is 4. The number of esters is 1. The molecule has 0 aromatic carbocycles. The Morgan fingerprint density at radius 1 is 1.08 bits per heavy atom. The lowest BCUT2D eigenvalue weighted by atomic mass is 10.1. The molecule has 2 aromatic rings. The molecule has 8 N–H and O–H groups in total. The lowest BCUT2D eigenvalue weighted by molar-refractivity contribution is -0.155. The number of ether oxygens (including phenoxy) is 3. The van der Waals surface area contributed by atoms with Crippen LogP contribution in [0.5, 0.6) is 0 Å². The highest BCUT2D eigenvalue weighted by atomic mass is 31.3. The number of anilines is 1. The van der Waals surface area contributed by atoms with Crippen LogP contribution in [0.3, 0.4) is 0 Å². The minimum atomic E-state index is -5.48. The summed E-state index contributed by atoms with van der Waals surface area (Å²) in [5, 5.41) is 39.3. The molecular weight excluding hydrogens is 576 g/mol. The summed E-state index contributed by atoms with van der Waals surface area (Å²) < 4.78 is 54.9. The summed E-state index contributed by atoms with van der Waals surface area (Å²) in [6.45, 7) is -0.633. The number of nitrogen functional groups attached to an aromatic ring is 1. The van der Waals surface area contributed by atoms with E-state index in [0.29, 0.717) is 0 Å². The summed E-state index contributed by atoms with van der Waals surface area (Å²) >= 11 is 0. The second-order valence-corrected chi connectivity index (χ2v) is 11.3. The number of nitrogens with zero attached hydrogens (tertiary/aromatic N) is 4. The van der Waals surface area contributed by atoms with Crippen LogP contribution in [0.1, 0.15) is 13.2 Å². The van der Waals surface area contributed by atoms with Gasteiger partial charge >= 0.3 is 21.6 Å². The Labute approximate surface area is 218 Å². The van der Waals surface area contributed by atoms with E-state index in [9.17, 15) is 39.0 Å². The van der Waals surface area contributed by atoms with Crippen LogP contribution >= 0.6 is 15.6 Å². The summed E-state index contributed by atoms with van der Waals surface area (Å²) in [6, 6.07) is 0. The molecular formula is C17H25N5O15P2. The molecule has 2 aliphatic rings. The largest absolute Gasteiger partial charge is 0.483 e. The molecule has 0 bridgehead atoms. The Morgan fingerprint density at radius 3 is 2.44 bits per heavy atom. The minimum Gasteiger partial charge on any atom is -0.455 e. The average molecular weight is 601 g/mol. The van der Waals surface area contributed by atoms with E-state index in [0.717, 1.165) is 13.3 Å². The van der Waals surface area contributed by atoms with Crippen LogP contribution in [0, 0.1) is 0 Å². The van der Waals surface area contributed by atoms with Crippen LogP contribution in [0.2, 0.25) is 0 Å². The van der Waals surface area contributed by atoms with Crippen LogP contribution < -0.4 is 5.73 Å². The van der Waals surface area contributed by atoms with Crippen molar-refractivity contribution in [1.82, 2.24) is 19.5 Å². The Morgan fingerprint density at radius 2 is 1.79 bits per heavy atom. The number of nitrogens with two attached hydrogens (primary N) is 1. The first-order valence-corrected chi connectivity index (χ1v) is 14.0. The summed E-state index contributed by atoms with van der Waals surface area (Å²) in [5.41, 5.74) is 6.10. The first-order chi connectivity index (χ1) is 18.2. The van der Waals surface area contributed by atoms with Crippen molar-refractivity contribution in [3.05, 3.63) is 12.7 Å². The van der Waals surface area contributed by atoms with Crippen molar-refractivity contribution in [2.75, 3.05) is 18.9 Å². The molecule has 2 fully saturated rings. The van der Waals surface area contributed by atoms with Gasteiger partial charge in [-0.1, -0.05) is 0 Å². The number of phosphoric ester groups is 2. The topological polar surface area (TPSA) is 298 Å². The molecule has 2 saturated heterocycles. The van der Waals surface area contributed by atoms with E-state index < -0.39 is 84.0 Å². The number of carbonyl (C=O) groups is 1. The molecule has 20 nitrogen and oxygen atoms in total. The van der Waals surface area contributed by atoms with E-state index in [-0.39, 0.29) is 17.0 Å². The zero-order chi connectivity index (χ0) is 28.7. The molecule has 4 heterocycles. The predicted molar refractivity (Wildman–Crippen MR) is 121 cm³/mol. The zero-order valence-electron chi connectivity index (χ0n) is 19.8. The van der Waals surface area contributed by atoms with Crippen molar-refractivity contribution in [1.29, 1.82) is 0 Å². The summed E-state index contributed by atoms with van der Waals surface area (Å²) in [7, 11) is -10.9. The number of carbonyl (C=O) groups excluding carboxylic acids is 1. The van der Waals surface area contributed by atoms with E-state index >= 15 is 0 Å². The van der Waals surface area contributed by atoms with Crippen LogP contribution in [-0.4, -0.2) is 112 Å². The summed E-state index contributed by atoms with van der Waals surface area (Å²) in [4.78, 5) is 43.4. The van der Waals surface area contributed by atoms with Crippen LogP contribution in [0.25, 0.3) is 11.2 Å². The maximum atomic E-state index is 12.4. The molecule has 0 saturated carbocycles. The van der Waals surface area contributed by atoms with E-state index in [1.165, 1.54) is 10.9 Å². The molecule has 0 aliphatic carbocycles. The van der Waals surface area contributed by atoms with Gasteiger partial charge in [-0.3, -0.25) is 18.4 Å². The molecule has 0 amide bonds. The zero-order valence-corrected chi connectivity index (χ0v) is 21.6. The minimum absolute atomic E-state index is 0.0344. The molecule has 2 unspecified atom stereocenters. The van der Waals surface area contributed by atoms with E-state index in [1.807, 2.05) is 0 Å². The van der Waals surface area contributed by atoms with Crippen LogP contribution in [-0.2, 0) is 41.5 Å². The van der Waals surface area contributed by atoms with Crippen LogP contribution in [0.15, 0.2) is 12.7 Å². The number of aliphatic hydroxyl groups excluding tert-OH is 4. The Hall–Kier alpha value is -2.16. The Kier molecular flexibility index (Phi) is 8.70. The van der Waals surface area contributed by atoms with Crippen molar-refractivity contribution in [3.63, 3.8) is 0 Å². The monoisotopic (exact) mass is 601 g/mol. The van der Waals surface area contributed by atoms with Gasteiger partial charge in [-0.2, -0.15) is 4.31 Å². The number of hydrogen-bond donors (Lipinski definition) is 7. The third-order valence-electron chi connectivity index (χ3n) is 5.62. The van der Waals surface area contributed by atoms with Crippen molar-refractivity contribution in [3.8, 4) is 0 Å². The van der Waals surface area contributed by atoms with E-state index in [4.69, 9.17) is 25.1 Å². The maximum Gasteiger partial charge on any atom is 0.483 e. The first-order valence-electron chi connectivity index (χ1n) is 11.0. The van der Waals surface area contributed by atoms with Gasteiger partial charge in [0.1, 0.15) is 42.4 Å². The first kappa shape index (κ1) is 29.8. The molecule has 2 aliphatic heterocycles. The standard InChI is InChI=1S/C17H25N5O15P2/c1-6(24)33-13-11(26)8(34-16(13)22-5-21-9-14(18)19-4-20-15(9)22)3-32-38(28,29)37-39(30,31)36-17-12(27)10(25)7(2-23)35-17/h4-5,7-8,10-13,16-17,23,25-27H,2-3H2,1H3,(H,28,29)(H,30,31)(H2,18,19,20)/t7-,8-,10-,11-,12-,13-,16-,17+/m1/s1. The van der Waals surface area contributed by atoms with Gasteiger partial charge in [-0.15, -0.1) is 0 Å². The molecule has 0 radical (unpaired) electrons. The fourth-order valence-electron chi connectivity index (χ4n) is 3.88. The second-order valence-electron chi connectivity index (χ2n) is 8.34. The Bertz CT molecular complexity index is 1300. The number of hydrogen-bond acceptors (Lipinski definition) is 17. The lowest BCUT2D eigenvalue weighted by Crippen LogP contribution is -2.36. The highest BCUT2D eigenvalue weighted by Gasteiger charge is 2.50. The van der Waals surface area contributed by atoms with E-state index in [2.05, 4.69) is 28.3 Å². The third-order valence-corrected chi connectivity index (χ3v) is 8.22. The lowest BCUT2D eigenvalue weighted by Gasteiger charge is -2.21. The van der Waals surface area contributed by atoms with Crippen LogP contribution in [0.4, 0.5) is 5.82 Å². The van der Waals surface area contributed by atoms with Crippen molar-refractivity contribution >= 4 is 38.6 Å². The fourth-order valence-corrected chi connectivity index (χ4v) is 6.04. The fraction of sp³-hybridized carbons (Fsp3) is 0.647. The quantitative estimate of drug-likeness (QED) is 0.107. The number of phosphoric acid groups is 2. The molecule has 218 valence electrons. The molecule has 10 atom stereocenters. The molecule has 39 heavy (non-hydrogen) atoms. The maximum absolute atomic E-state index is 12.4. The number of fused-ring (bicyclic) bond motifs is 1. The van der Waals surface area contributed by atoms with Crippen molar-refractivity contribution < 1.29 is 71.7 Å². The highest BCUT2D eigenvalue weighted by Crippen LogP contribution is 2.61. The summed E-state index contributed by atoms with van der Waals surface area (Å²) in [5.74, 6) is -0.765. The number of aliphatic hydroxyl groups is 4. The molecule has 0 spiro atoms. The molecule has 22 heteroatoms. The Balaban J connectivity index is 1.44. The highest BCUT2D eigenvalue weighted by molar-refractivity contribution is 7.61. The second kappa shape index (κ2) is 11.4. The average Bonchev–Trinajstić information content (AvgIpc) is 3.48. The van der Waals surface area contributed by atoms with Gasteiger partial charge in [0.2, 0.25) is 0 Å². The predicted octanol–water partition coefficient (Wildman–Crippen LogP) is -2.71. The van der Waals surface area contributed by atoms with Gasteiger partial charge < -0.3 is 50.2 Å². The smallest absolute Gasteiger partial charge is 0.455 e. The third kappa shape index (κ3) is 6.44. The van der Waals surface area contributed by atoms with Gasteiger partial charge in [0.15, 0.2) is 30.1 Å². The SMILES string of the molecule is CC(=O)O[C@@H]1[C@H](O)[C@@H](COP(=O)(O)OP(=O)(O)O[C@@H]2O[C@H](CO)[C@@H](O)[C@H]2O)O[C@H]1n1cnc2c(N)ncnc21. The normalized spacial score (nSPS) is 34.1. The molecule has 2 aromatic heterocycles. The van der Waals surface area contributed by atoms with Crippen molar-refractivity contribution in [2.45, 2.75) is 56.1 Å². The van der Waals surface area contributed by atoms with Gasteiger partial charge in [0, 0.05) is 6.92 Å². The van der Waals surface area contributed by atoms with Gasteiger partial charge in [0.25, 0.3) is 0 Å². The number of rotatable bonds is 10. The van der Waals surface area contributed by atoms with Gasteiger partial charge in [0.05, 0.1) is 19.5 Å². The molecule has 4 rings (SSSR count).